The summed E-state index contributed by atoms with van der Waals surface area (Å²) in [6.45, 7) is 5.29. The lowest BCUT2D eigenvalue weighted by molar-refractivity contribution is 0.288. The standard InChI is InChI=1S/C16H16O2/c1-3-17-14-10-9-13-11-7-5-6-8-12(11)15(13)16(14)18-4-2/h5-10H,3-4H2,1-2H3. The summed E-state index contributed by atoms with van der Waals surface area (Å²) in [5.41, 5.74) is 5.02. The number of ether oxygens (including phenoxy) is 2. The van der Waals surface area contributed by atoms with Crippen molar-refractivity contribution in [3.63, 3.8) is 0 Å². The maximum Gasteiger partial charge on any atom is 0.169 e. The first-order valence-corrected chi connectivity index (χ1v) is 6.39. The lowest BCUT2D eigenvalue weighted by atomic mass is 9.80. The van der Waals surface area contributed by atoms with Gasteiger partial charge in [0, 0.05) is 5.56 Å². The zero-order valence-corrected chi connectivity index (χ0v) is 10.7. The largest absolute Gasteiger partial charge is 0.490 e. The van der Waals surface area contributed by atoms with Crippen LogP contribution in [0.5, 0.6) is 11.5 Å². The molecule has 0 aliphatic heterocycles. The minimum atomic E-state index is 0.651. The normalized spacial score (nSPS) is 11.2. The van der Waals surface area contributed by atoms with E-state index in [0.717, 1.165) is 11.5 Å². The van der Waals surface area contributed by atoms with Crippen molar-refractivity contribution in [1.29, 1.82) is 0 Å². The Bertz CT molecular complexity index is 588. The molecule has 0 aromatic heterocycles. The van der Waals surface area contributed by atoms with Crippen molar-refractivity contribution in [3.05, 3.63) is 36.4 Å². The molecule has 1 aliphatic rings. The Morgan fingerprint density at radius 1 is 0.778 bits per heavy atom. The third-order valence-electron chi connectivity index (χ3n) is 3.20. The summed E-state index contributed by atoms with van der Waals surface area (Å²) in [5.74, 6) is 1.73. The molecule has 0 radical (unpaired) electrons. The molecule has 0 saturated carbocycles. The first-order chi connectivity index (χ1) is 8.86. The van der Waals surface area contributed by atoms with Gasteiger partial charge < -0.3 is 9.47 Å². The molecule has 1 aliphatic carbocycles. The van der Waals surface area contributed by atoms with Crippen LogP contribution in [0.25, 0.3) is 22.3 Å². The van der Waals surface area contributed by atoms with Gasteiger partial charge in [-0.1, -0.05) is 24.3 Å². The van der Waals surface area contributed by atoms with Gasteiger partial charge in [0.25, 0.3) is 0 Å². The van der Waals surface area contributed by atoms with Crippen molar-refractivity contribution < 1.29 is 9.47 Å². The summed E-state index contributed by atoms with van der Waals surface area (Å²) < 4.78 is 11.4. The van der Waals surface area contributed by atoms with E-state index in [1.54, 1.807) is 0 Å². The summed E-state index contributed by atoms with van der Waals surface area (Å²) in [6.07, 6.45) is 0. The van der Waals surface area contributed by atoms with E-state index < -0.39 is 0 Å². The third kappa shape index (κ3) is 1.49. The van der Waals surface area contributed by atoms with Crippen LogP contribution < -0.4 is 9.47 Å². The van der Waals surface area contributed by atoms with E-state index in [9.17, 15) is 0 Å². The van der Waals surface area contributed by atoms with Gasteiger partial charge in [-0.3, -0.25) is 0 Å². The Kier molecular flexibility index (Phi) is 2.71. The summed E-state index contributed by atoms with van der Waals surface area (Å²) in [6, 6.07) is 12.5. The molecule has 2 aromatic rings. The van der Waals surface area contributed by atoms with E-state index in [2.05, 4.69) is 30.3 Å². The average molecular weight is 240 g/mol. The van der Waals surface area contributed by atoms with Crippen molar-refractivity contribution in [2.24, 2.45) is 0 Å². The smallest absolute Gasteiger partial charge is 0.169 e. The first-order valence-electron chi connectivity index (χ1n) is 6.39. The Morgan fingerprint density at radius 2 is 1.50 bits per heavy atom. The van der Waals surface area contributed by atoms with Crippen LogP contribution in [0.4, 0.5) is 0 Å². The van der Waals surface area contributed by atoms with E-state index >= 15 is 0 Å². The quantitative estimate of drug-likeness (QED) is 0.682. The Balaban J connectivity index is 2.13. The second-order valence-electron chi connectivity index (χ2n) is 4.23. The fourth-order valence-corrected chi connectivity index (χ4v) is 2.49. The monoisotopic (exact) mass is 240 g/mol. The molecule has 0 bridgehead atoms. The van der Waals surface area contributed by atoms with E-state index in [4.69, 9.17) is 9.47 Å². The number of rotatable bonds is 4. The van der Waals surface area contributed by atoms with Crippen LogP contribution in [-0.4, -0.2) is 13.2 Å². The Hall–Kier alpha value is -1.96. The predicted molar refractivity (Wildman–Crippen MR) is 73.2 cm³/mol. The van der Waals surface area contributed by atoms with E-state index in [1.807, 2.05) is 19.9 Å². The molecular formula is C16H16O2. The van der Waals surface area contributed by atoms with Crippen LogP contribution in [0.2, 0.25) is 0 Å². The van der Waals surface area contributed by atoms with Gasteiger partial charge >= 0.3 is 0 Å². The summed E-state index contributed by atoms with van der Waals surface area (Å²) in [4.78, 5) is 0. The predicted octanol–water partition coefficient (Wildman–Crippen LogP) is 4.13. The second kappa shape index (κ2) is 4.37. The third-order valence-corrected chi connectivity index (χ3v) is 3.20. The molecule has 18 heavy (non-hydrogen) atoms. The van der Waals surface area contributed by atoms with Gasteiger partial charge in [-0.2, -0.15) is 0 Å². The summed E-state index contributed by atoms with van der Waals surface area (Å²) in [7, 11) is 0. The van der Waals surface area contributed by atoms with E-state index in [-0.39, 0.29) is 0 Å². The maximum atomic E-state index is 5.78. The lowest BCUT2D eigenvalue weighted by Crippen LogP contribution is -2.06. The SMILES string of the molecule is CCOc1ccc2c(c1OCC)-c1ccccc1-2. The van der Waals surface area contributed by atoms with Gasteiger partial charge in [-0.25, -0.2) is 0 Å². The minimum absolute atomic E-state index is 0.651. The van der Waals surface area contributed by atoms with Crippen molar-refractivity contribution in [2.45, 2.75) is 13.8 Å². The number of benzene rings is 2. The molecule has 0 amide bonds. The van der Waals surface area contributed by atoms with Gasteiger partial charge in [-0.05, 0) is 42.7 Å². The van der Waals surface area contributed by atoms with Crippen LogP contribution >= 0.6 is 0 Å². The molecule has 0 unspecified atom stereocenters. The molecule has 0 atom stereocenters. The van der Waals surface area contributed by atoms with Crippen molar-refractivity contribution in [3.8, 4) is 33.8 Å². The van der Waals surface area contributed by atoms with Crippen molar-refractivity contribution >= 4 is 0 Å². The molecule has 2 heteroatoms. The molecule has 3 rings (SSSR count). The molecule has 2 nitrogen and oxygen atoms in total. The fraction of sp³-hybridized carbons (Fsp3) is 0.250. The highest BCUT2D eigenvalue weighted by Gasteiger charge is 2.28. The molecule has 0 heterocycles. The number of hydrogen-bond acceptors (Lipinski definition) is 2. The van der Waals surface area contributed by atoms with Crippen molar-refractivity contribution in [1.82, 2.24) is 0 Å². The maximum absolute atomic E-state index is 5.78. The van der Waals surface area contributed by atoms with Crippen LogP contribution in [0.3, 0.4) is 0 Å². The second-order valence-corrected chi connectivity index (χ2v) is 4.23. The summed E-state index contributed by atoms with van der Waals surface area (Å²) in [5, 5.41) is 0. The van der Waals surface area contributed by atoms with Crippen LogP contribution in [0.15, 0.2) is 36.4 Å². The van der Waals surface area contributed by atoms with Crippen LogP contribution in [0, 0.1) is 0 Å². The first kappa shape index (κ1) is 11.1. The number of fused-ring (bicyclic) bond motifs is 4. The van der Waals surface area contributed by atoms with Gasteiger partial charge in [0.15, 0.2) is 11.5 Å². The van der Waals surface area contributed by atoms with Gasteiger partial charge in [-0.15, -0.1) is 0 Å². The lowest BCUT2D eigenvalue weighted by Gasteiger charge is -2.27. The fourth-order valence-electron chi connectivity index (χ4n) is 2.49. The molecule has 0 fully saturated rings. The average Bonchev–Trinajstić information content (AvgIpc) is 2.38. The zero-order valence-electron chi connectivity index (χ0n) is 10.7. The molecule has 2 aromatic carbocycles. The topological polar surface area (TPSA) is 18.5 Å². The van der Waals surface area contributed by atoms with Crippen LogP contribution in [-0.2, 0) is 0 Å². The van der Waals surface area contributed by atoms with E-state index in [0.29, 0.717) is 13.2 Å². The van der Waals surface area contributed by atoms with Crippen molar-refractivity contribution in [2.75, 3.05) is 13.2 Å². The van der Waals surface area contributed by atoms with Gasteiger partial charge in [0.2, 0.25) is 0 Å². The molecular weight excluding hydrogens is 224 g/mol. The van der Waals surface area contributed by atoms with Crippen LogP contribution in [0.1, 0.15) is 13.8 Å². The molecule has 0 saturated heterocycles. The summed E-state index contributed by atoms with van der Waals surface area (Å²) >= 11 is 0. The molecule has 0 spiro atoms. The Morgan fingerprint density at radius 3 is 2.22 bits per heavy atom. The van der Waals surface area contributed by atoms with Gasteiger partial charge in [0.05, 0.1) is 13.2 Å². The minimum Gasteiger partial charge on any atom is -0.490 e. The highest BCUT2D eigenvalue weighted by Crippen LogP contribution is 2.54. The Labute approximate surface area is 107 Å². The zero-order chi connectivity index (χ0) is 12.5. The highest BCUT2D eigenvalue weighted by atomic mass is 16.5. The highest BCUT2D eigenvalue weighted by molar-refractivity contribution is 6.05. The molecule has 92 valence electrons. The van der Waals surface area contributed by atoms with E-state index in [1.165, 1.54) is 22.3 Å². The number of hydrogen-bond donors (Lipinski definition) is 0. The van der Waals surface area contributed by atoms with Gasteiger partial charge in [0.1, 0.15) is 0 Å². The molecule has 0 N–H and O–H groups in total.